The molecule has 4 nitrogen and oxygen atoms in total. The lowest BCUT2D eigenvalue weighted by atomic mass is 10.1. The van der Waals surface area contributed by atoms with Crippen LogP contribution in [-0.2, 0) is 12.7 Å². The molecule has 0 radical (unpaired) electrons. The quantitative estimate of drug-likeness (QED) is 0.644. The number of nitrogens with one attached hydrogen (secondary N) is 2. The molecular formula is C21H18F3N3O. The third-order valence-electron chi connectivity index (χ3n) is 4.06. The fourth-order valence-corrected chi connectivity index (χ4v) is 2.51. The summed E-state index contributed by atoms with van der Waals surface area (Å²) in [4.78, 5) is 16.3. The summed E-state index contributed by atoms with van der Waals surface area (Å²) in [6.07, 6.45) is -3.04. The SMILES string of the molecule is Cc1ccc(CNC(=O)c2ccc(Nc3cccc(C(F)(F)F)c3)nc2)cc1. The lowest BCUT2D eigenvalue weighted by Crippen LogP contribution is -2.22. The van der Waals surface area contributed by atoms with Gasteiger partial charge in [0.05, 0.1) is 11.1 Å². The van der Waals surface area contributed by atoms with Crippen LogP contribution in [0.25, 0.3) is 0 Å². The minimum absolute atomic E-state index is 0.263. The zero-order chi connectivity index (χ0) is 20.1. The van der Waals surface area contributed by atoms with Crippen LogP contribution in [0.3, 0.4) is 0 Å². The van der Waals surface area contributed by atoms with Gasteiger partial charge in [-0.2, -0.15) is 13.2 Å². The Hall–Kier alpha value is -3.35. The Bertz CT molecular complexity index is 952. The van der Waals surface area contributed by atoms with Crippen LogP contribution in [0.15, 0.2) is 66.9 Å². The van der Waals surface area contributed by atoms with Gasteiger partial charge in [-0.1, -0.05) is 35.9 Å². The van der Waals surface area contributed by atoms with Crippen LogP contribution in [0.5, 0.6) is 0 Å². The molecule has 3 aromatic rings. The van der Waals surface area contributed by atoms with E-state index in [1.807, 2.05) is 31.2 Å². The molecule has 1 aromatic heterocycles. The highest BCUT2D eigenvalue weighted by Gasteiger charge is 2.30. The van der Waals surface area contributed by atoms with Crippen LogP contribution in [0.1, 0.15) is 27.0 Å². The smallest absolute Gasteiger partial charge is 0.348 e. The van der Waals surface area contributed by atoms with E-state index in [9.17, 15) is 18.0 Å². The number of carbonyl (C=O) groups excluding carboxylic acids is 1. The van der Waals surface area contributed by atoms with Crippen LogP contribution in [0, 0.1) is 6.92 Å². The number of nitrogens with zero attached hydrogens (tertiary/aromatic N) is 1. The molecule has 3 rings (SSSR count). The number of pyridine rings is 1. The van der Waals surface area contributed by atoms with Gasteiger partial charge in [0, 0.05) is 18.4 Å². The first kappa shape index (κ1) is 19.4. The minimum atomic E-state index is -4.41. The van der Waals surface area contributed by atoms with Crippen molar-refractivity contribution >= 4 is 17.4 Å². The van der Waals surface area contributed by atoms with Crippen molar-refractivity contribution in [3.05, 3.63) is 89.1 Å². The van der Waals surface area contributed by atoms with E-state index in [2.05, 4.69) is 15.6 Å². The number of amides is 1. The van der Waals surface area contributed by atoms with Crippen molar-refractivity contribution in [1.29, 1.82) is 0 Å². The molecule has 7 heteroatoms. The number of rotatable bonds is 5. The number of aromatic nitrogens is 1. The van der Waals surface area contributed by atoms with Crippen LogP contribution < -0.4 is 10.6 Å². The Kier molecular flexibility index (Phi) is 5.63. The second-order valence-corrected chi connectivity index (χ2v) is 6.30. The molecule has 1 heterocycles. The molecule has 144 valence electrons. The maximum Gasteiger partial charge on any atom is 0.416 e. The summed E-state index contributed by atoms with van der Waals surface area (Å²) in [6, 6.07) is 15.8. The molecule has 0 aliphatic carbocycles. The van der Waals surface area contributed by atoms with E-state index in [4.69, 9.17) is 0 Å². The van der Waals surface area contributed by atoms with Gasteiger partial charge in [-0.15, -0.1) is 0 Å². The lowest BCUT2D eigenvalue weighted by Gasteiger charge is -2.10. The first-order chi connectivity index (χ1) is 13.3. The largest absolute Gasteiger partial charge is 0.416 e. The van der Waals surface area contributed by atoms with E-state index in [1.54, 1.807) is 12.1 Å². The number of hydrogen-bond acceptors (Lipinski definition) is 3. The number of halogens is 3. The molecule has 0 saturated carbocycles. The molecule has 0 unspecified atom stereocenters. The van der Waals surface area contributed by atoms with E-state index in [-0.39, 0.29) is 11.6 Å². The predicted octanol–water partition coefficient (Wildman–Crippen LogP) is 5.08. The van der Waals surface area contributed by atoms with E-state index in [1.165, 1.54) is 18.3 Å². The zero-order valence-corrected chi connectivity index (χ0v) is 15.0. The summed E-state index contributed by atoms with van der Waals surface area (Å²) in [5.74, 6) is 0.0631. The molecule has 0 bridgehead atoms. The van der Waals surface area contributed by atoms with Gasteiger partial charge in [0.25, 0.3) is 5.91 Å². The van der Waals surface area contributed by atoms with Gasteiger partial charge >= 0.3 is 6.18 Å². The standard InChI is InChI=1S/C21H18F3N3O/c1-14-5-7-15(8-6-14)12-26-20(28)16-9-10-19(25-13-16)27-18-4-2-3-17(11-18)21(22,23)24/h2-11,13H,12H2,1H3,(H,25,27)(H,26,28). The van der Waals surface area contributed by atoms with Gasteiger partial charge in [-0.05, 0) is 42.8 Å². The normalized spacial score (nSPS) is 11.1. The Balaban J connectivity index is 1.61. The van der Waals surface area contributed by atoms with Crippen LogP contribution in [0.4, 0.5) is 24.7 Å². The zero-order valence-electron chi connectivity index (χ0n) is 15.0. The highest BCUT2D eigenvalue weighted by Crippen LogP contribution is 2.31. The second kappa shape index (κ2) is 8.12. The summed E-state index contributed by atoms with van der Waals surface area (Å²) in [5, 5.41) is 5.61. The Morgan fingerprint density at radius 2 is 1.79 bits per heavy atom. The van der Waals surface area contributed by atoms with E-state index >= 15 is 0 Å². The molecule has 0 saturated heterocycles. The maximum absolute atomic E-state index is 12.8. The number of carbonyl (C=O) groups is 1. The molecule has 1 amide bonds. The molecule has 28 heavy (non-hydrogen) atoms. The Morgan fingerprint density at radius 1 is 1.04 bits per heavy atom. The fourth-order valence-electron chi connectivity index (χ4n) is 2.51. The van der Waals surface area contributed by atoms with E-state index in [0.717, 1.165) is 23.3 Å². The van der Waals surface area contributed by atoms with Crippen molar-refractivity contribution in [2.45, 2.75) is 19.6 Å². The number of hydrogen-bond donors (Lipinski definition) is 2. The topological polar surface area (TPSA) is 54.0 Å². The van der Waals surface area contributed by atoms with Crippen molar-refractivity contribution in [2.75, 3.05) is 5.32 Å². The maximum atomic E-state index is 12.8. The first-order valence-electron chi connectivity index (χ1n) is 8.55. The summed E-state index contributed by atoms with van der Waals surface area (Å²) in [5.41, 5.74) is 2.00. The number of alkyl halides is 3. The minimum Gasteiger partial charge on any atom is -0.348 e. The molecule has 0 spiro atoms. The van der Waals surface area contributed by atoms with Crippen molar-refractivity contribution in [1.82, 2.24) is 10.3 Å². The van der Waals surface area contributed by atoms with Gasteiger partial charge in [0.15, 0.2) is 0 Å². The predicted molar refractivity (Wildman–Crippen MR) is 101 cm³/mol. The molecule has 0 aliphatic heterocycles. The van der Waals surface area contributed by atoms with Crippen molar-refractivity contribution in [2.24, 2.45) is 0 Å². The molecular weight excluding hydrogens is 367 g/mol. The Morgan fingerprint density at radius 3 is 2.43 bits per heavy atom. The van der Waals surface area contributed by atoms with Gasteiger partial charge < -0.3 is 10.6 Å². The van der Waals surface area contributed by atoms with Crippen LogP contribution in [-0.4, -0.2) is 10.9 Å². The van der Waals surface area contributed by atoms with Crippen LogP contribution in [0.2, 0.25) is 0 Å². The van der Waals surface area contributed by atoms with Crippen molar-refractivity contribution < 1.29 is 18.0 Å². The Labute approximate surface area is 160 Å². The first-order valence-corrected chi connectivity index (χ1v) is 8.55. The lowest BCUT2D eigenvalue weighted by molar-refractivity contribution is -0.137. The molecule has 0 atom stereocenters. The summed E-state index contributed by atoms with van der Waals surface area (Å²) in [7, 11) is 0. The highest BCUT2D eigenvalue weighted by molar-refractivity contribution is 5.94. The van der Waals surface area contributed by atoms with Gasteiger partial charge in [0.2, 0.25) is 0 Å². The average Bonchev–Trinajstić information content (AvgIpc) is 2.67. The molecule has 2 N–H and O–H groups in total. The number of aryl methyl sites for hydroxylation is 1. The van der Waals surface area contributed by atoms with Gasteiger partial charge in [-0.25, -0.2) is 4.98 Å². The van der Waals surface area contributed by atoms with Gasteiger partial charge in [0.1, 0.15) is 5.82 Å². The highest BCUT2D eigenvalue weighted by atomic mass is 19.4. The monoisotopic (exact) mass is 385 g/mol. The van der Waals surface area contributed by atoms with Crippen molar-refractivity contribution in [3.8, 4) is 0 Å². The van der Waals surface area contributed by atoms with Crippen LogP contribution >= 0.6 is 0 Å². The third kappa shape index (κ3) is 5.09. The molecule has 0 aliphatic rings. The van der Waals surface area contributed by atoms with E-state index in [0.29, 0.717) is 17.9 Å². The van der Waals surface area contributed by atoms with Gasteiger partial charge in [-0.3, -0.25) is 4.79 Å². The second-order valence-electron chi connectivity index (χ2n) is 6.30. The number of anilines is 2. The molecule has 0 fully saturated rings. The third-order valence-corrected chi connectivity index (χ3v) is 4.06. The average molecular weight is 385 g/mol. The van der Waals surface area contributed by atoms with E-state index < -0.39 is 11.7 Å². The van der Waals surface area contributed by atoms with Crippen molar-refractivity contribution in [3.63, 3.8) is 0 Å². The summed E-state index contributed by atoms with van der Waals surface area (Å²) in [6.45, 7) is 2.38. The fraction of sp³-hybridized carbons (Fsp3) is 0.143. The summed E-state index contributed by atoms with van der Waals surface area (Å²) >= 11 is 0. The molecule has 2 aromatic carbocycles. The summed E-state index contributed by atoms with van der Waals surface area (Å²) < 4.78 is 38.3. The number of benzene rings is 2.